The molecule has 1 aromatic heterocycles. The van der Waals surface area contributed by atoms with E-state index in [0.29, 0.717) is 5.39 Å². The van der Waals surface area contributed by atoms with E-state index >= 15 is 0 Å². The lowest BCUT2D eigenvalue weighted by Crippen LogP contribution is -2.15. The van der Waals surface area contributed by atoms with Crippen LogP contribution in [0.5, 0.6) is 0 Å². The summed E-state index contributed by atoms with van der Waals surface area (Å²) in [5, 5.41) is 1.28. The first kappa shape index (κ1) is 16.5. The van der Waals surface area contributed by atoms with E-state index in [4.69, 9.17) is 0 Å². The molecule has 2 aromatic carbocycles. The third-order valence-corrected chi connectivity index (χ3v) is 3.99. The lowest BCUT2D eigenvalue weighted by atomic mass is 9.84. The van der Waals surface area contributed by atoms with Gasteiger partial charge in [-0.2, -0.15) is 13.2 Å². The fourth-order valence-corrected chi connectivity index (χ4v) is 2.87. The van der Waals surface area contributed by atoms with Gasteiger partial charge in [0.05, 0.1) is 11.3 Å². The summed E-state index contributed by atoms with van der Waals surface area (Å²) in [6.45, 7) is 6.16. The van der Waals surface area contributed by atoms with E-state index < -0.39 is 11.7 Å². The van der Waals surface area contributed by atoms with Gasteiger partial charge in [0.15, 0.2) is 0 Å². The lowest BCUT2D eigenvalue weighted by Gasteiger charge is -2.23. The molecule has 0 unspecified atom stereocenters. The van der Waals surface area contributed by atoms with Gasteiger partial charge in [-0.05, 0) is 23.1 Å². The van der Waals surface area contributed by atoms with Crippen LogP contribution in [0.2, 0.25) is 0 Å². The van der Waals surface area contributed by atoms with E-state index in [1.54, 1.807) is 6.07 Å². The summed E-state index contributed by atoms with van der Waals surface area (Å²) in [4.78, 5) is 4.51. The van der Waals surface area contributed by atoms with Crippen LogP contribution in [0.15, 0.2) is 54.7 Å². The quantitative estimate of drug-likeness (QED) is 0.516. The first-order valence-electron chi connectivity index (χ1n) is 7.74. The standard InChI is InChI=1S/C20H18F3N/c1-19(2,3)18-17(13-7-5-4-6-8-13)16-10-9-15(20(21,22)23)11-14(16)12-24-18/h4-12H,1-3H3. The Kier molecular flexibility index (Phi) is 3.86. The molecular weight excluding hydrogens is 311 g/mol. The number of nitrogens with zero attached hydrogens (tertiary/aromatic N) is 1. The summed E-state index contributed by atoms with van der Waals surface area (Å²) < 4.78 is 39.0. The Labute approximate surface area is 139 Å². The SMILES string of the molecule is CC(C)(C)c1ncc2cc(C(F)(F)F)ccc2c1-c1ccccc1. The van der Waals surface area contributed by atoms with Crippen LogP contribution in [0.1, 0.15) is 32.0 Å². The second kappa shape index (κ2) is 5.62. The van der Waals surface area contributed by atoms with Gasteiger partial charge in [0.1, 0.15) is 0 Å². The minimum absolute atomic E-state index is 0.220. The Morgan fingerprint density at radius 3 is 2.12 bits per heavy atom. The summed E-state index contributed by atoms with van der Waals surface area (Å²) >= 11 is 0. The van der Waals surface area contributed by atoms with Crippen molar-refractivity contribution in [1.29, 1.82) is 0 Å². The van der Waals surface area contributed by atoms with Crippen LogP contribution < -0.4 is 0 Å². The maximum Gasteiger partial charge on any atom is 0.416 e. The van der Waals surface area contributed by atoms with Crippen molar-refractivity contribution >= 4 is 10.8 Å². The maximum atomic E-state index is 13.0. The molecular formula is C20H18F3N. The predicted octanol–water partition coefficient (Wildman–Crippen LogP) is 6.22. The fraction of sp³-hybridized carbons (Fsp3) is 0.250. The summed E-state index contributed by atoms with van der Waals surface area (Å²) in [7, 11) is 0. The number of pyridine rings is 1. The van der Waals surface area contributed by atoms with Crippen molar-refractivity contribution in [1.82, 2.24) is 4.98 Å². The average Bonchev–Trinajstić information content (AvgIpc) is 2.52. The van der Waals surface area contributed by atoms with Gasteiger partial charge < -0.3 is 0 Å². The van der Waals surface area contributed by atoms with Crippen molar-refractivity contribution in [2.24, 2.45) is 0 Å². The first-order valence-corrected chi connectivity index (χ1v) is 7.74. The topological polar surface area (TPSA) is 12.9 Å². The molecule has 0 fully saturated rings. The Morgan fingerprint density at radius 1 is 0.875 bits per heavy atom. The van der Waals surface area contributed by atoms with Gasteiger partial charge in [-0.1, -0.05) is 57.2 Å². The molecule has 1 heterocycles. The zero-order chi connectivity index (χ0) is 17.5. The van der Waals surface area contributed by atoms with E-state index in [1.807, 2.05) is 30.3 Å². The van der Waals surface area contributed by atoms with Crippen LogP contribution in [-0.2, 0) is 11.6 Å². The van der Waals surface area contributed by atoms with Crippen LogP contribution in [0.3, 0.4) is 0 Å². The highest BCUT2D eigenvalue weighted by Crippen LogP contribution is 2.39. The third kappa shape index (κ3) is 3.01. The molecule has 0 aliphatic rings. The molecule has 124 valence electrons. The molecule has 0 saturated heterocycles. The number of hydrogen-bond acceptors (Lipinski definition) is 1. The van der Waals surface area contributed by atoms with E-state index in [1.165, 1.54) is 12.3 Å². The third-order valence-electron chi connectivity index (χ3n) is 3.99. The minimum Gasteiger partial charge on any atom is -0.259 e. The smallest absolute Gasteiger partial charge is 0.259 e. The zero-order valence-corrected chi connectivity index (χ0v) is 13.8. The Balaban J connectivity index is 2.35. The normalized spacial score (nSPS) is 12.6. The molecule has 0 N–H and O–H groups in total. The van der Waals surface area contributed by atoms with Gasteiger partial charge in [-0.15, -0.1) is 0 Å². The molecule has 0 aliphatic heterocycles. The highest BCUT2D eigenvalue weighted by molar-refractivity contribution is 5.98. The highest BCUT2D eigenvalue weighted by atomic mass is 19.4. The molecule has 4 heteroatoms. The molecule has 0 amide bonds. The maximum absolute atomic E-state index is 13.0. The van der Waals surface area contributed by atoms with Gasteiger partial charge in [-0.3, -0.25) is 4.98 Å². The van der Waals surface area contributed by atoms with Crippen LogP contribution >= 0.6 is 0 Å². The summed E-state index contributed by atoms with van der Waals surface area (Å²) in [6.07, 6.45) is -2.82. The number of alkyl halides is 3. The van der Waals surface area contributed by atoms with E-state index in [2.05, 4.69) is 25.8 Å². The molecule has 0 saturated carbocycles. The van der Waals surface area contributed by atoms with Gasteiger partial charge in [0, 0.05) is 22.6 Å². The molecule has 0 radical (unpaired) electrons. The van der Waals surface area contributed by atoms with Crippen LogP contribution in [0.4, 0.5) is 13.2 Å². The predicted molar refractivity (Wildman–Crippen MR) is 90.9 cm³/mol. The summed E-state index contributed by atoms with van der Waals surface area (Å²) in [6, 6.07) is 13.5. The monoisotopic (exact) mass is 329 g/mol. The zero-order valence-electron chi connectivity index (χ0n) is 13.8. The van der Waals surface area contributed by atoms with Crippen LogP contribution in [0, 0.1) is 0 Å². The molecule has 0 atom stereocenters. The molecule has 3 aromatic rings. The van der Waals surface area contributed by atoms with Crippen molar-refractivity contribution < 1.29 is 13.2 Å². The Bertz CT molecular complexity index is 875. The van der Waals surface area contributed by atoms with E-state index in [9.17, 15) is 13.2 Å². The van der Waals surface area contributed by atoms with E-state index in [-0.39, 0.29) is 5.41 Å². The molecule has 0 aliphatic carbocycles. The highest BCUT2D eigenvalue weighted by Gasteiger charge is 2.31. The van der Waals surface area contributed by atoms with Gasteiger partial charge in [-0.25, -0.2) is 0 Å². The number of benzene rings is 2. The summed E-state index contributed by atoms with van der Waals surface area (Å²) in [5.41, 5.74) is 1.86. The second-order valence-electron chi connectivity index (χ2n) is 6.90. The number of aromatic nitrogens is 1. The fourth-order valence-electron chi connectivity index (χ4n) is 2.87. The first-order chi connectivity index (χ1) is 11.2. The van der Waals surface area contributed by atoms with Crippen molar-refractivity contribution in [3.63, 3.8) is 0 Å². The summed E-state index contributed by atoms with van der Waals surface area (Å²) in [5.74, 6) is 0. The minimum atomic E-state index is -4.36. The van der Waals surface area contributed by atoms with Crippen molar-refractivity contribution in [3.05, 3.63) is 66.0 Å². The van der Waals surface area contributed by atoms with Gasteiger partial charge >= 0.3 is 6.18 Å². The number of fused-ring (bicyclic) bond motifs is 1. The number of rotatable bonds is 1. The second-order valence-corrected chi connectivity index (χ2v) is 6.90. The Morgan fingerprint density at radius 2 is 1.54 bits per heavy atom. The van der Waals surface area contributed by atoms with Gasteiger partial charge in [0.2, 0.25) is 0 Å². The molecule has 24 heavy (non-hydrogen) atoms. The molecule has 0 spiro atoms. The van der Waals surface area contributed by atoms with Crippen molar-refractivity contribution in [2.45, 2.75) is 32.4 Å². The van der Waals surface area contributed by atoms with Crippen LogP contribution in [0.25, 0.3) is 21.9 Å². The number of hydrogen-bond donors (Lipinski definition) is 0. The van der Waals surface area contributed by atoms with E-state index in [0.717, 1.165) is 28.3 Å². The Hall–Kier alpha value is -2.36. The van der Waals surface area contributed by atoms with Crippen molar-refractivity contribution in [2.75, 3.05) is 0 Å². The van der Waals surface area contributed by atoms with Gasteiger partial charge in [0.25, 0.3) is 0 Å². The van der Waals surface area contributed by atoms with Crippen LogP contribution in [-0.4, -0.2) is 4.98 Å². The number of halogens is 3. The molecule has 0 bridgehead atoms. The average molecular weight is 329 g/mol. The lowest BCUT2D eigenvalue weighted by molar-refractivity contribution is -0.137. The molecule has 3 rings (SSSR count). The van der Waals surface area contributed by atoms with Crippen molar-refractivity contribution in [3.8, 4) is 11.1 Å². The molecule has 1 nitrogen and oxygen atoms in total. The largest absolute Gasteiger partial charge is 0.416 e.